The number of aryl methyl sites for hydroxylation is 1. The fourth-order valence-electron chi connectivity index (χ4n) is 8.27. The van der Waals surface area contributed by atoms with E-state index in [1.165, 1.54) is 13.3 Å². The lowest BCUT2D eigenvalue weighted by molar-refractivity contribution is -0.189. The van der Waals surface area contributed by atoms with Crippen LogP contribution in [-0.4, -0.2) is 97.3 Å². The molecule has 0 spiro atoms. The number of piperazine rings is 1. The van der Waals surface area contributed by atoms with Gasteiger partial charge < -0.3 is 40.2 Å². The zero-order valence-corrected chi connectivity index (χ0v) is 34.4. The number of para-hydroxylation sites is 1. The summed E-state index contributed by atoms with van der Waals surface area (Å²) in [5, 5.41) is 22.9. The summed E-state index contributed by atoms with van der Waals surface area (Å²) in [6.45, 7) is 4.56. The summed E-state index contributed by atoms with van der Waals surface area (Å²) >= 11 is 0. The Balaban J connectivity index is 1.07. The molecule has 2 saturated heterocycles. The number of hydrogen-bond donors (Lipinski definition) is 4. The number of hydrazine groups is 1. The first-order chi connectivity index (χ1) is 30.1. The van der Waals surface area contributed by atoms with Crippen molar-refractivity contribution in [3.8, 4) is 22.8 Å². The molecule has 0 saturated carbocycles. The van der Waals surface area contributed by atoms with Crippen molar-refractivity contribution in [2.45, 2.75) is 31.7 Å². The molecular weight excluding hydrogens is 787 g/mol. The van der Waals surface area contributed by atoms with Gasteiger partial charge >= 0.3 is 12.1 Å². The van der Waals surface area contributed by atoms with E-state index < -0.39 is 24.3 Å². The van der Waals surface area contributed by atoms with E-state index in [4.69, 9.17) is 4.74 Å². The molecule has 6 amide bonds. The van der Waals surface area contributed by atoms with Crippen LogP contribution in [0.4, 0.5) is 21.0 Å². The maximum absolute atomic E-state index is 14.8. The second-order valence-electron chi connectivity index (χ2n) is 15.2. The van der Waals surface area contributed by atoms with Gasteiger partial charge in [0.1, 0.15) is 18.0 Å². The summed E-state index contributed by atoms with van der Waals surface area (Å²) in [4.78, 5) is 63.2. The Kier molecular flexibility index (Phi) is 11.9. The molecule has 62 heavy (non-hydrogen) atoms. The molecule has 4 N–H and O–H groups in total. The molecule has 316 valence electrons. The van der Waals surface area contributed by atoms with E-state index in [-0.39, 0.29) is 56.7 Å². The Morgan fingerprint density at radius 3 is 2.35 bits per heavy atom. The Morgan fingerprint density at radius 1 is 0.903 bits per heavy atom. The van der Waals surface area contributed by atoms with Crippen molar-refractivity contribution in [3.63, 3.8) is 0 Å². The number of amides is 6. The number of pyridine rings is 1. The number of nitrogens with zero attached hydrogens (tertiary/aromatic N) is 6. The van der Waals surface area contributed by atoms with Gasteiger partial charge in [0.25, 0.3) is 0 Å². The average Bonchev–Trinajstić information content (AvgIpc) is 3.62. The zero-order valence-electron chi connectivity index (χ0n) is 34.4. The Bertz CT molecular complexity index is 2600. The molecule has 8 rings (SSSR count). The highest BCUT2D eigenvalue weighted by molar-refractivity contribution is 6.01. The number of phenolic OH excluding ortho intramolecular Hbond substituents is 1. The number of carbonyl (C=O) groups excluding carboxylic acids is 4. The van der Waals surface area contributed by atoms with Gasteiger partial charge in [-0.25, -0.2) is 24.6 Å². The SMILES string of the molecule is C=CCN1CC(=O)N2C(Cc3ccc(O)cc3)C(=O)N(Cc3cccc4c(-c5ccc(NC(=O)Nc6ccc(OC)nc6)cc5)cn(C)c34)CC2N1C(=O)NCc1ccccc1. The summed E-state index contributed by atoms with van der Waals surface area (Å²) in [7, 11) is 3.48. The van der Waals surface area contributed by atoms with Crippen LogP contribution in [0, 0.1) is 0 Å². The van der Waals surface area contributed by atoms with Crippen molar-refractivity contribution >= 4 is 46.2 Å². The van der Waals surface area contributed by atoms with Crippen molar-refractivity contribution in [3.05, 3.63) is 151 Å². The van der Waals surface area contributed by atoms with E-state index in [1.54, 1.807) is 62.3 Å². The normalized spacial score (nSPS) is 16.5. The van der Waals surface area contributed by atoms with Crippen molar-refractivity contribution in [2.24, 2.45) is 7.05 Å². The fourth-order valence-corrected chi connectivity index (χ4v) is 8.27. The summed E-state index contributed by atoms with van der Waals surface area (Å²) in [6, 6.07) is 31.3. The van der Waals surface area contributed by atoms with Gasteiger partial charge in [0.05, 0.1) is 37.6 Å². The van der Waals surface area contributed by atoms with Crippen LogP contribution in [0.5, 0.6) is 11.6 Å². The molecule has 2 fully saturated rings. The Hall–Kier alpha value is -7.65. The topological polar surface area (TPSA) is 165 Å². The first-order valence-corrected chi connectivity index (χ1v) is 20.2. The van der Waals surface area contributed by atoms with Gasteiger partial charge in [-0.1, -0.05) is 78.9 Å². The molecule has 15 nitrogen and oxygen atoms in total. The van der Waals surface area contributed by atoms with Crippen molar-refractivity contribution < 1.29 is 29.0 Å². The number of aromatic nitrogens is 2. The quantitative estimate of drug-likeness (QED) is 0.104. The third kappa shape index (κ3) is 8.65. The molecule has 4 aromatic carbocycles. The van der Waals surface area contributed by atoms with E-state index in [1.807, 2.05) is 90.6 Å². The smallest absolute Gasteiger partial charge is 0.334 e. The maximum atomic E-state index is 14.8. The fraction of sp³-hybridized carbons (Fsp3) is 0.213. The van der Waals surface area contributed by atoms with Crippen molar-refractivity contribution in [1.29, 1.82) is 0 Å². The highest BCUT2D eigenvalue weighted by atomic mass is 16.5. The van der Waals surface area contributed by atoms with Gasteiger partial charge in [-0.15, -0.1) is 6.58 Å². The van der Waals surface area contributed by atoms with E-state index in [2.05, 4.69) is 27.5 Å². The number of rotatable bonds is 12. The van der Waals surface area contributed by atoms with E-state index in [0.29, 0.717) is 17.3 Å². The number of phenols is 1. The van der Waals surface area contributed by atoms with Gasteiger partial charge in [0.2, 0.25) is 17.7 Å². The standard InChI is InChI=1S/C47H47N9O6/c1-4-23-54-30-43(58)55-40(24-31-13-20-37(57)21-14-31)45(59)53(29-42(55)56(54)47(61)49-25-32-9-6-5-7-10-32)27-34-11-8-12-38-39(28-52(2)44(34)38)33-15-17-35(18-16-33)50-46(60)51-36-19-22-41(62-3)48-26-36/h4-22,26,28,40,42,57H,1,23-25,27,29-30H2,2-3H3,(H,49,61)(H2,50,51,60). The molecule has 15 heteroatoms. The lowest BCUT2D eigenvalue weighted by Crippen LogP contribution is -2.76. The maximum Gasteiger partial charge on any atom is 0.334 e. The number of nitrogens with one attached hydrogen (secondary N) is 3. The molecular formula is C47H47N9O6. The average molecular weight is 834 g/mol. The first kappa shape index (κ1) is 41.1. The summed E-state index contributed by atoms with van der Waals surface area (Å²) in [6.07, 6.45) is 4.56. The predicted octanol–water partition coefficient (Wildman–Crippen LogP) is 6.34. The van der Waals surface area contributed by atoms with E-state index in [9.17, 15) is 24.3 Å². The predicted molar refractivity (Wildman–Crippen MR) is 236 cm³/mol. The monoisotopic (exact) mass is 833 g/mol. The Morgan fingerprint density at radius 2 is 1.65 bits per heavy atom. The Labute approximate surface area is 358 Å². The highest BCUT2D eigenvalue weighted by Crippen LogP contribution is 2.35. The second-order valence-corrected chi connectivity index (χ2v) is 15.2. The number of methoxy groups -OCH3 is 1. The molecule has 6 aromatic rings. The molecule has 2 aromatic heterocycles. The number of benzene rings is 4. The minimum atomic E-state index is -0.925. The van der Waals surface area contributed by atoms with E-state index in [0.717, 1.165) is 38.7 Å². The molecule has 2 unspecified atom stereocenters. The molecule has 0 radical (unpaired) electrons. The van der Waals surface area contributed by atoms with Gasteiger partial charge in [0, 0.05) is 62.0 Å². The molecule has 2 aliphatic heterocycles. The summed E-state index contributed by atoms with van der Waals surface area (Å²) < 4.78 is 7.12. The number of fused-ring (bicyclic) bond motifs is 2. The number of anilines is 2. The van der Waals surface area contributed by atoms with Gasteiger partial charge in [-0.2, -0.15) is 0 Å². The number of hydrogen-bond acceptors (Lipinski definition) is 8. The third-order valence-corrected chi connectivity index (χ3v) is 11.1. The van der Waals surface area contributed by atoms with Gasteiger partial charge in [-0.3, -0.25) is 9.59 Å². The lowest BCUT2D eigenvalue weighted by Gasteiger charge is -2.55. The van der Waals surface area contributed by atoms with Crippen LogP contribution in [0.15, 0.2) is 134 Å². The van der Waals surface area contributed by atoms with Gasteiger partial charge in [0.15, 0.2) is 0 Å². The van der Waals surface area contributed by atoms with Crippen molar-refractivity contribution in [1.82, 2.24) is 34.7 Å². The van der Waals surface area contributed by atoms with Gasteiger partial charge in [-0.05, 0) is 52.6 Å². The zero-order chi connectivity index (χ0) is 43.3. The van der Waals surface area contributed by atoms with Crippen LogP contribution in [0.2, 0.25) is 0 Å². The number of urea groups is 2. The van der Waals surface area contributed by atoms with Crippen LogP contribution >= 0.6 is 0 Å². The number of ether oxygens (including phenoxy) is 1. The number of aromatic hydroxyl groups is 1. The van der Waals surface area contributed by atoms with Crippen LogP contribution < -0.4 is 20.7 Å². The summed E-state index contributed by atoms with van der Waals surface area (Å²) in [5.41, 5.74) is 6.49. The minimum Gasteiger partial charge on any atom is -0.508 e. The van der Waals surface area contributed by atoms with Crippen LogP contribution in [0.25, 0.3) is 22.0 Å². The summed E-state index contributed by atoms with van der Waals surface area (Å²) in [5.74, 6) is 0.0182. The van der Waals surface area contributed by atoms with E-state index >= 15 is 0 Å². The first-order valence-electron chi connectivity index (χ1n) is 20.2. The van der Waals surface area contributed by atoms with Crippen LogP contribution in [-0.2, 0) is 36.1 Å². The van der Waals surface area contributed by atoms with Crippen molar-refractivity contribution in [2.75, 3.05) is 37.4 Å². The lowest BCUT2D eigenvalue weighted by atomic mass is 9.97. The van der Waals surface area contributed by atoms with Crippen LogP contribution in [0.1, 0.15) is 16.7 Å². The van der Waals surface area contributed by atoms with Crippen LogP contribution in [0.3, 0.4) is 0 Å². The third-order valence-electron chi connectivity index (χ3n) is 11.1. The minimum absolute atomic E-state index is 0.0632. The number of carbonyl (C=O) groups is 4. The molecule has 0 bridgehead atoms. The highest BCUT2D eigenvalue weighted by Gasteiger charge is 2.51. The molecule has 2 atom stereocenters. The molecule has 4 heterocycles. The molecule has 2 aliphatic rings. The molecule has 0 aliphatic carbocycles. The largest absolute Gasteiger partial charge is 0.508 e. The second kappa shape index (κ2) is 17.9.